The van der Waals surface area contributed by atoms with Gasteiger partial charge in [0.25, 0.3) is 0 Å². The SMILES string of the molecule is CCOC(=O)/C=C1\SCC(=O)N1CC(=O)NCC(F)(F)F. The van der Waals surface area contributed by atoms with Gasteiger partial charge in [-0.25, -0.2) is 4.79 Å². The van der Waals surface area contributed by atoms with E-state index in [0.717, 1.165) is 22.7 Å². The van der Waals surface area contributed by atoms with E-state index in [1.807, 2.05) is 0 Å². The highest BCUT2D eigenvalue weighted by atomic mass is 32.2. The van der Waals surface area contributed by atoms with E-state index < -0.39 is 37.0 Å². The number of hydrogen-bond acceptors (Lipinski definition) is 5. The molecule has 0 aromatic rings. The number of nitrogens with zero attached hydrogens (tertiary/aromatic N) is 1. The normalized spacial score (nSPS) is 17.2. The molecule has 21 heavy (non-hydrogen) atoms. The first-order valence-corrected chi connectivity index (χ1v) is 6.86. The number of carbonyl (C=O) groups is 3. The van der Waals surface area contributed by atoms with Gasteiger partial charge in [-0.05, 0) is 6.92 Å². The summed E-state index contributed by atoms with van der Waals surface area (Å²) in [6.07, 6.45) is -3.49. The number of thioether (sulfide) groups is 1. The van der Waals surface area contributed by atoms with E-state index in [0.29, 0.717) is 0 Å². The molecule has 1 N–H and O–H groups in total. The molecule has 1 heterocycles. The van der Waals surface area contributed by atoms with Crippen LogP contribution in [0.15, 0.2) is 11.1 Å². The molecule has 0 aromatic heterocycles. The Hall–Kier alpha value is -1.71. The molecule has 0 bridgehead atoms. The fraction of sp³-hybridized carbons (Fsp3) is 0.545. The first kappa shape index (κ1) is 17.3. The highest BCUT2D eigenvalue weighted by molar-refractivity contribution is 8.04. The molecule has 10 heteroatoms. The van der Waals surface area contributed by atoms with Crippen LogP contribution in [0.1, 0.15) is 6.92 Å². The van der Waals surface area contributed by atoms with E-state index in [9.17, 15) is 27.6 Å². The fourth-order valence-corrected chi connectivity index (χ4v) is 2.31. The van der Waals surface area contributed by atoms with Gasteiger partial charge in [-0.1, -0.05) is 11.8 Å². The zero-order valence-electron chi connectivity index (χ0n) is 11.0. The number of esters is 1. The van der Waals surface area contributed by atoms with Gasteiger partial charge in [-0.2, -0.15) is 13.2 Å². The van der Waals surface area contributed by atoms with Crippen LogP contribution >= 0.6 is 11.8 Å². The molecule has 0 radical (unpaired) electrons. The fourth-order valence-electron chi connectivity index (χ4n) is 1.38. The summed E-state index contributed by atoms with van der Waals surface area (Å²) in [4.78, 5) is 35.2. The molecule has 1 aliphatic heterocycles. The molecule has 1 fully saturated rings. The van der Waals surface area contributed by atoms with E-state index in [-0.39, 0.29) is 17.4 Å². The Morgan fingerprint density at radius 1 is 1.48 bits per heavy atom. The Balaban J connectivity index is 2.63. The van der Waals surface area contributed by atoms with Crippen molar-refractivity contribution >= 4 is 29.5 Å². The van der Waals surface area contributed by atoms with Crippen LogP contribution in [0.5, 0.6) is 0 Å². The van der Waals surface area contributed by atoms with Gasteiger partial charge in [0.15, 0.2) is 0 Å². The summed E-state index contributed by atoms with van der Waals surface area (Å²) in [6, 6.07) is 0. The molecule has 0 saturated carbocycles. The van der Waals surface area contributed by atoms with Gasteiger partial charge < -0.3 is 10.1 Å². The van der Waals surface area contributed by atoms with Crippen LogP contribution in [0.4, 0.5) is 13.2 Å². The third-order valence-corrected chi connectivity index (χ3v) is 3.25. The summed E-state index contributed by atoms with van der Waals surface area (Å²) in [5, 5.41) is 1.84. The average molecular weight is 326 g/mol. The molecule has 2 amide bonds. The zero-order chi connectivity index (χ0) is 16.0. The topological polar surface area (TPSA) is 75.7 Å². The monoisotopic (exact) mass is 326 g/mol. The van der Waals surface area contributed by atoms with Gasteiger partial charge in [-0.3, -0.25) is 14.5 Å². The number of hydrogen-bond donors (Lipinski definition) is 1. The lowest BCUT2D eigenvalue weighted by atomic mass is 10.4. The van der Waals surface area contributed by atoms with E-state index in [2.05, 4.69) is 4.74 Å². The number of ether oxygens (including phenoxy) is 1. The van der Waals surface area contributed by atoms with Crippen molar-refractivity contribution in [1.29, 1.82) is 0 Å². The summed E-state index contributed by atoms with van der Waals surface area (Å²) in [6.45, 7) is -0.302. The summed E-state index contributed by atoms with van der Waals surface area (Å²) >= 11 is 1.01. The zero-order valence-corrected chi connectivity index (χ0v) is 11.8. The van der Waals surface area contributed by atoms with Crippen LogP contribution in [0.25, 0.3) is 0 Å². The van der Waals surface area contributed by atoms with Crippen molar-refractivity contribution in [1.82, 2.24) is 10.2 Å². The van der Waals surface area contributed by atoms with E-state index in [1.54, 1.807) is 12.2 Å². The van der Waals surface area contributed by atoms with Crippen LogP contribution in [0, 0.1) is 0 Å². The quantitative estimate of drug-likeness (QED) is 0.593. The summed E-state index contributed by atoms with van der Waals surface area (Å²) in [7, 11) is 0. The number of nitrogens with one attached hydrogen (secondary N) is 1. The summed E-state index contributed by atoms with van der Waals surface area (Å²) in [5.74, 6) is -2.09. The number of alkyl halides is 3. The molecule has 0 aromatic carbocycles. The third-order valence-electron chi connectivity index (χ3n) is 2.23. The second-order valence-corrected chi connectivity index (χ2v) is 4.89. The van der Waals surface area contributed by atoms with Crippen molar-refractivity contribution in [3.05, 3.63) is 11.1 Å². The maximum absolute atomic E-state index is 12.0. The van der Waals surface area contributed by atoms with Crippen LogP contribution in [0.2, 0.25) is 0 Å². The predicted octanol–water partition coefficient (Wildman–Crippen LogP) is 0.645. The second-order valence-electron chi connectivity index (χ2n) is 3.90. The highest BCUT2D eigenvalue weighted by Crippen LogP contribution is 2.28. The molecule has 0 spiro atoms. The van der Waals surface area contributed by atoms with E-state index in [4.69, 9.17) is 0 Å². The number of halogens is 3. The van der Waals surface area contributed by atoms with Gasteiger partial charge in [-0.15, -0.1) is 0 Å². The molecule has 0 atom stereocenters. The Bertz CT molecular complexity index is 465. The van der Waals surface area contributed by atoms with Gasteiger partial charge >= 0.3 is 12.1 Å². The standard InChI is InChI=1S/C11H13F3N2O4S/c1-2-20-10(19)3-9-16(8(18)5-21-9)4-7(17)15-6-11(12,13)14/h3H,2,4-6H2,1H3,(H,15,17)/b9-3-. The number of carbonyl (C=O) groups excluding carboxylic acids is 3. The van der Waals surface area contributed by atoms with Crippen molar-refractivity contribution in [2.24, 2.45) is 0 Å². The van der Waals surface area contributed by atoms with E-state index >= 15 is 0 Å². The molecular weight excluding hydrogens is 313 g/mol. The van der Waals surface area contributed by atoms with Gasteiger partial charge in [0.2, 0.25) is 11.8 Å². The van der Waals surface area contributed by atoms with Crippen molar-refractivity contribution in [2.75, 3.05) is 25.4 Å². The van der Waals surface area contributed by atoms with Crippen molar-refractivity contribution in [3.8, 4) is 0 Å². The van der Waals surface area contributed by atoms with Crippen molar-refractivity contribution in [2.45, 2.75) is 13.1 Å². The van der Waals surface area contributed by atoms with Crippen LogP contribution in [-0.2, 0) is 19.1 Å². The minimum atomic E-state index is -4.52. The lowest BCUT2D eigenvalue weighted by molar-refractivity contribution is -0.140. The molecule has 0 unspecified atom stereocenters. The second kappa shape index (κ2) is 7.34. The minimum absolute atomic E-state index is 0.0117. The first-order chi connectivity index (χ1) is 9.73. The molecule has 118 valence electrons. The molecule has 1 aliphatic rings. The lowest BCUT2D eigenvalue weighted by Gasteiger charge is -2.17. The smallest absolute Gasteiger partial charge is 0.405 e. The Morgan fingerprint density at radius 2 is 2.14 bits per heavy atom. The average Bonchev–Trinajstić information content (AvgIpc) is 2.68. The number of rotatable bonds is 5. The first-order valence-electron chi connectivity index (χ1n) is 5.88. The van der Waals surface area contributed by atoms with Crippen molar-refractivity contribution < 1.29 is 32.3 Å². The number of amides is 2. The van der Waals surface area contributed by atoms with Crippen LogP contribution < -0.4 is 5.32 Å². The molecule has 1 rings (SSSR count). The summed E-state index contributed by atoms with van der Waals surface area (Å²) in [5.41, 5.74) is 0. The summed E-state index contributed by atoms with van der Waals surface area (Å²) < 4.78 is 40.6. The van der Waals surface area contributed by atoms with E-state index in [1.165, 1.54) is 0 Å². The van der Waals surface area contributed by atoms with Gasteiger partial charge in [0, 0.05) is 0 Å². The van der Waals surface area contributed by atoms with Gasteiger partial charge in [0.1, 0.15) is 13.1 Å². The predicted molar refractivity (Wildman–Crippen MR) is 68.0 cm³/mol. The van der Waals surface area contributed by atoms with Crippen molar-refractivity contribution in [3.63, 3.8) is 0 Å². The van der Waals surface area contributed by atoms with Crippen LogP contribution in [0.3, 0.4) is 0 Å². The largest absolute Gasteiger partial charge is 0.463 e. The Morgan fingerprint density at radius 3 is 2.71 bits per heavy atom. The lowest BCUT2D eigenvalue weighted by Crippen LogP contribution is -2.41. The van der Waals surface area contributed by atoms with Crippen LogP contribution in [-0.4, -0.2) is 54.3 Å². The molecule has 0 aliphatic carbocycles. The minimum Gasteiger partial charge on any atom is -0.463 e. The maximum atomic E-state index is 12.0. The third kappa shape index (κ3) is 6.06. The molecular formula is C11H13F3N2O4S. The molecule has 1 saturated heterocycles. The van der Waals surface area contributed by atoms with Gasteiger partial charge in [0.05, 0.1) is 23.5 Å². The molecule has 6 nitrogen and oxygen atoms in total. The Kier molecular flexibility index (Phi) is 6.06. The Labute approximate surface area is 122 Å². The highest BCUT2D eigenvalue weighted by Gasteiger charge is 2.31. The maximum Gasteiger partial charge on any atom is 0.405 e.